The van der Waals surface area contributed by atoms with Gasteiger partial charge in [0.25, 0.3) is 0 Å². The third kappa shape index (κ3) is 4.76. The number of nitrogens with zero attached hydrogens (tertiary/aromatic N) is 2. The molecule has 2 aromatic heterocycles. The van der Waals surface area contributed by atoms with Gasteiger partial charge in [-0.2, -0.15) is 0 Å². The van der Waals surface area contributed by atoms with Gasteiger partial charge in [0.05, 0.1) is 12.8 Å². The van der Waals surface area contributed by atoms with Gasteiger partial charge >= 0.3 is 0 Å². The average molecular weight is 282 g/mol. The molecule has 0 saturated heterocycles. The maximum atomic E-state index is 12.3. The Hall–Kier alpha value is -2.62. The van der Waals surface area contributed by atoms with E-state index in [2.05, 4.69) is 4.98 Å². The first-order valence-electron chi connectivity index (χ1n) is 6.79. The molecule has 0 atom stereocenters. The van der Waals surface area contributed by atoms with Crippen LogP contribution in [0.3, 0.4) is 0 Å². The lowest BCUT2D eigenvalue weighted by Gasteiger charge is -2.20. The Labute approximate surface area is 124 Å². The topological polar surface area (TPSA) is 46.3 Å². The molecule has 0 radical (unpaired) electrons. The largest absolute Gasteiger partial charge is 0.467 e. The summed E-state index contributed by atoms with van der Waals surface area (Å²) in [5, 5.41) is 0. The molecule has 2 aromatic rings. The summed E-state index contributed by atoms with van der Waals surface area (Å²) in [6.45, 7) is 2.83. The molecule has 4 nitrogen and oxygen atoms in total. The van der Waals surface area contributed by atoms with Crippen molar-refractivity contribution in [2.24, 2.45) is 0 Å². The molecule has 0 fully saturated rings. The van der Waals surface area contributed by atoms with Crippen molar-refractivity contribution in [2.45, 2.75) is 20.0 Å². The van der Waals surface area contributed by atoms with E-state index in [-0.39, 0.29) is 5.91 Å². The van der Waals surface area contributed by atoms with Crippen LogP contribution in [0.25, 0.3) is 0 Å². The number of rotatable bonds is 6. The number of hydrogen-bond donors (Lipinski definition) is 0. The number of pyridine rings is 1. The molecule has 0 bridgehead atoms. The van der Waals surface area contributed by atoms with Crippen LogP contribution >= 0.6 is 0 Å². The number of aromatic nitrogens is 1. The van der Waals surface area contributed by atoms with Crippen LogP contribution < -0.4 is 0 Å². The molecule has 0 N–H and O–H groups in total. The Morgan fingerprint density at radius 2 is 2.19 bits per heavy atom. The molecule has 0 aliphatic carbocycles. The van der Waals surface area contributed by atoms with E-state index in [9.17, 15) is 4.79 Å². The van der Waals surface area contributed by atoms with Gasteiger partial charge in [-0.1, -0.05) is 24.3 Å². The van der Waals surface area contributed by atoms with Gasteiger partial charge in [-0.15, -0.1) is 0 Å². The Morgan fingerprint density at radius 3 is 2.86 bits per heavy atom. The lowest BCUT2D eigenvalue weighted by atomic mass is 10.2. The number of furan rings is 1. The zero-order chi connectivity index (χ0) is 14.9. The summed E-state index contributed by atoms with van der Waals surface area (Å²) in [5.74, 6) is 0.694. The predicted molar refractivity (Wildman–Crippen MR) is 81.2 cm³/mol. The molecule has 0 aliphatic heterocycles. The minimum atomic E-state index is -0.0617. The molecule has 0 spiro atoms. The zero-order valence-electron chi connectivity index (χ0n) is 12.0. The van der Waals surface area contributed by atoms with Crippen LogP contribution in [0.2, 0.25) is 0 Å². The second-order valence-electron chi connectivity index (χ2n) is 4.52. The van der Waals surface area contributed by atoms with Gasteiger partial charge in [0, 0.05) is 25.0 Å². The molecule has 4 heteroatoms. The minimum absolute atomic E-state index is 0.0617. The SMILES string of the molecule is C/C=C/C=C/C(=O)N(Cc1cccnc1)Cc1ccco1. The molecule has 0 saturated carbocycles. The highest BCUT2D eigenvalue weighted by atomic mass is 16.3. The first-order valence-corrected chi connectivity index (χ1v) is 6.79. The lowest BCUT2D eigenvalue weighted by Crippen LogP contribution is -2.28. The standard InChI is InChI=1S/C17H18N2O2/c1-2-3-4-9-17(20)19(14-16-8-6-11-21-16)13-15-7-5-10-18-12-15/h2-12H,13-14H2,1H3/b3-2+,9-4+. The maximum Gasteiger partial charge on any atom is 0.247 e. The maximum absolute atomic E-state index is 12.3. The fraction of sp³-hybridized carbons (Fsp3) is 0.176. The summed E-state index contributed by atoms with van der Waals surface area (Å²) in [4.78, 5) is 18.1. The average Bonchev–Trinajstić information content (AvgIpc) is 3.01. The highest BCUT2D eigenvalue weighted by Gasteiger charge is 2.13. The second kappa shape index (κ2) is 7.85. The summed E-state index contributed by atoms with van der Waals surface area (Å²) < 4.78 is 5.33. The Kier molecular flexibility index (Phi) is 5.52. The van der Waals surface area contributed by atoms with E-state index < -0.39 is 0 Å². The first kappa shape index (κ1) is 14.8. The van der Waals surface area contributed by atoms with E-state index in [1.165, 1.54) is 0 Å². The fourth-order valence-corrected chi connectivity index (χ4v) is 1.87. The molecule has 1 amide bonds. The molecule has 2 heterocycles. The van der Waals surface area contributed by atoms with Crippen molar-refractivity contribution in [1.82, 2.24) is 9.88 Å². The van der Waals surface area contributed by atoms with E-state index >= 15 is 0 Å². The fourth-order valence-electron chi connectivity index (χ4n) is 1.87. The highest BCUT2D eigenvalue weighted by molar-refractivity contribution is 5.87. The minimum Gasteiger partial charge on any atom is -0.467 e. The Bertz CT molecular complexity index is 601. The van der Waals surface area contributed by atoms with Crippen LogP contribution in [-0.4, -0.2) is 15.8 Å². The summed E-state index contributed by atoms with van der Waals surface area (Å²) in [6, 6.07) is 7.49. The van der Waals surface area contributed by atoms with Gasteiger partial charge in [0.15, 0.2) is 0 Å². The Morgan fingerprint density at radius 1 is 1.29 bits per heavy atom. The number of amides is 1. The number of hydrogen-bond acceptors (Lipinski definition) is 3. The van der Waals surface area contributed by atoms with Crippen molar-refractivity contribution >= 4 is 5.91 Å². The first-order chi connectivity index (χ1) is 10.3. The number of carbonyl (C=O) groups is 1. The third-order valence-corrected chi connectivity index (χ3v) is 2.88. The molecular formula is C17H18N2O2. The van der Waals surface area contributed by atoms with Crippen LogP contribution in [0.4, 0.5) is 0 Å². The summed E-state index contributed by atoms with van der Waals surface area (Å²) in [6.07, 6.45) is 12.1. The van der Waals surface area contributed by atoms with Crippen LogP contribution in [0, 0.1) is 0 Å². The van der Waals surface area contributed by atoms with E-state index in [1.807, 2.05) is 43.3 Å². The molecular weight excluding hydrogens is 264 g/mol. The third-order valence-electron chi connectivity index (χ3n) is 2.88. The van der Waals surface area contributed by atoms with Gasteiger partial charge in [-0.05, 0) is 30.7 Å². The van der Waals surface area contributed by atoms with Gasteiger partial charge in [0.2, 0.25) is 5.91 Å². The van der Waals surface area contributed by atoms with Crippen molar-refractivity contribution in [1.29, 1.82) is 0 Å². The quantitative estimate of drug-likeness (QED) is 0.603. The van der Waals surface area contributed by atoms with Crippen molar-refractivity contribution < 1.29 is 9.21 Å². The van der Waals surface area contributed by atoms with Crippen molar-refractivity contribution in [3.8, 4) is 0 Å². The number of carbonyl (C=O) groups excluding carboxylic acids is 1. The zero-order valence-corrected chi connectivity index (χ0v) is 12.0. The van der Waals surface area contributed by atoms with E-state index in [1.54, 1.807) is 35.7 Å². The number of allylic oxidation sites excluding steroid dienone is 3. The molecule has 0 aromatic carbocycles. The monoisotopic (exact) mass is 282 g/mol. The summed E-state index contributed by atoms with van der Waals surface area (Å²) in [7, 11) is 0. The van der Waals surface area contributed by atoms with Crippen LogP contribution in [0.15, 0.2) is 71.6 Å². The molecule has 2 rings (SSSR count). The second-order valence-corrected chi connectivity index (χ2v) is 4.52. The smallest absolute Gasteiger partial charge is 0.247 e. The van der Waals surface area contributed by atoms with Gasteiger partial charge in [-0.3, -0.25) is 9.78 Å². The van der Waals surface area contributed by atoms with E-state index in [0.29, 0.717) is 13.1 Å². The Balaban J connectivity index is 2.11. The van der Waals surface area contributed by atoms with Crippen LogP contribution in [0.5, 0.6) is 0 Å². The van der Waals surface area contributed by atoms with Crippen molar-refractivity contribution in [3.63, 3.8) is 0 Å². The van der Waals surface area contributed by atoms with Gasteiger partial charge in [-0.25, -0.2) is 0 Å². The van der Waals surface area contributed by atoms with Crippen LogP contribution in [0.1, 0.15) is 18.2 Å². The summed E-state index contributed by atoms with van der Waals surface area (Å²) >= 11 is 0. The van der Waals surface area contributed by atoms with E-state index in [4.69, 9.17) is 4.42 Å². The molecule has 0 unspecified atom stereocenters. The molecule has 108 valence electrons. The van der Waals surface area contributed by atoms with Crippen molar-refractivity contribution in [2.75, 3.05) is 0 Å². The molecule has 21 heavy (non-hydrogen) atoms. The van der Waals surface area contributed by atoms with E-state index in [0.717, 1.165) is 11.3 Å². The highest BCUT2D eigenvalue weighted by Crippen LogP contribution is 2.10. The summed E-state index contributed by atoms with van der Waals surface area (Å²) in [5.41, 5.74) is 0.983. The normalized spacial score (nSPS) is 11.3. The van der Waals surface area contributed by atoms with Gasteiger partial charge in [0.1, 0.15) is 5.76 Å². The predicted octanol–water partition coefficient (Wildman–Crippen LogP) is 3.34. The van der Waals surface area contributed by atoms with Gasteiger partial charge < -0.3 is 9.32 Å². The van der Waals surface area contributed by atoms with Crippen molar-refractivity contribution in [3.05, 3.63) is 78.6 Å². The lowest BCUT2D eigenvalue weighted by molar-refractivity contribution is -0.127. The van der Waals surface area contributed by atoms with Crippen LogP contribution in [-0.2, 0) is 17.9 Å². The molecule has 0 aliphatic rings.